The van der Waals surface area contributed by atoms with Gasteiger partial charge in [0.2, 0.25) is 5.91 Å². The van der Waals surface area contributed by atoms with E-state index in [1.807, 2.05) is 12.1 Å². The minimum atomic E-state index is -4.41. The van der Waals surface area contributed by atoms with Crippen LogP contribution in [-0.4, -0.2) is 42.6 Å². The maximum atomic E-state index is 12.5. The molecular weight excluding hydrogens is 407 g/mol. The monoisotopic (exact) mass is 429 g/mol. The largest absolute Gasteiger partial charge is 0.497 e. The molecule has 0 radical (unpaired) electrons. The number of carbonyl (C=O) groups excluding carboxylic acids is 1. The van der Waals surface area contributed by atoms with Crippen LogP contribution in [0.15, 0.2) is 53.4 Å². The second-order valence-corrected chi connectivity index (χ2v) is 7.58. The number of rotatable bonds is 9. The number of ether oxygens (including phenoxy) is 2. The molecule has 2 unspecified atom stereocenters. The molecule has 1 amide bonds. The number of thioether (sulfide) groups is 1. The van der Waals surface area contributed by atoms with Crippen molar-refractivity contribution in [2.24, 2.45) is 0 Å². The van der Waals surface area contributed by atoms with E-state index in [4.69, 9.17) is 9.47 Å². The van der Waals surface area contributed by atoms with Gasteiger partial charge in [-0.1, -0.05) is 0 Å². The molecule has 0 aliphatic carbocycles. The van der Waals surface area contributed by atoms with Crippen LogP contribution in [0.2, 0.25) is 0 Å². The molecule has 0 bridgehead atoms. The number of amides is 1. The Hall–Kier alpha value is -2.39. The standard InChI is InChI=1S/C20H22F3NO4S/c1-13(29-18-9-7-16(27-2)8-10-18)19(26)24-11-15(25)12-28-17-5-3-14(4-6-17)20(21,22)23/h3-10,13,15,25H,11-12H2,1-2H3,(H,24,26). The average Bonchev–Trinajstić information content (AvgIpc) is 2.70. The molecule has 2 atom stereocenters. The fourth-order valence-electron chi connectivity index (χ4n) is 2.27. The van der Waals surface area contributed by atoms with Gasteiger partial charge in [-0.15, -0.1) is 11.8 Å². The third kappa shape index (κ3) is 7.51. The molecule has 9 heteroatoms. The number of aliphatic hydroxyl groups excluding tert-OH is 1. The third-order valence-electron chi connectivity index (χ3n) is 3.88. The normalized spacial score (nSPS) is 13.4. The Kier molecular flexibility index (Phi) is 8.21. The van der Waals surface area contributed by atoms with Crippen molar-refractivity contribution in [3.05, 3.63) is 54.1 Å². The molecule has 2 rings (SSSR count). The molecule has 2 N–H and O–H groups in total. The van der Waals surface area contributed by atoms with Crippen LogP contribution in [0.3, 0.4) is 0 Å². The van der Waals surface area contributed by atoms with Gasteiger partial charge in [0.1, 0.15) is 24.2 Å². The second-order valence-electron chi connectivity index (χ2n) is 6.17. The fraction of sp³-hybridized carbons (Fsp3) is 0.350. The molecule has 0 aliphatic rings. The summed E-state index contributed by atoms with van der Waals surface area (Å²) in [6, 6.07) is 11.5. The Morgan fingerprint density at radius 2 is 1.69 bits per heavy atom. The van der Waals surface area contributed by atoms with E-state index in [0.717, 1.165) is 22.8 Å². The van der Waals surface area contributed by atoms with E-state index in [9.17, 15) is 23.1 Å². The summed E-state index contributed by atoms with van der Waals surface area (Å²) in [5.41, 5.74) is -0.777. The molecule has 29 heavy (non-hydrogen) atoms. The summed E-state index contributed by atoms with van der Waals surface area (Å²) in [7, 11) is 1.57. The van der Waals surface area contributed by atoms with Crippen LogP contribution in [0.5, 0.6) is 11.5 Å². The molecule has 0 saturated carbocycles. The van der Waals surface area contributed by atoms with Crippen molar-refractivity contribution in [3.63, 3.8) is 0 Å². The van der Waals surface area contributed by atoms with Crippen LogP contribution in [0, 0.1) is 0 Å². The van der Waals surface area contributed by atoms with Gasteiger partial charge in [0, 0.05) is 11.4 Å². The van der Waals surface area contributed by atoms with E-state index in [0.29, 0.717) is 0 Å². The predicted molar refractivity (Wildman–Crippen MR) is 104 cm³/mol. The van der Waals surface area contributed by atoms with Crippen molar-refractivity contribution in [3.8, 4) is 11.5 Å². The fourth-order valence-corrected chi connectivity index (χ4v) is 3.16. The smallest absolute Gasteiger partial charge is 0.416 e. The van der Waals surface area contributed by atoms with Gasteiger partial charge in [0.05, 0.1) is 17.9 Å². The molecule has 0 aromatic heterocycles. The zero-order valence-electron chi connectivity index (χ0n) is 15.9. The van der Waals surface area contributed by atoms with Crippen molar-refractivity contribution in [2.75, 3.05) is 20.3 Å². The van der Waals surface area contributed by atoms with Gasteiger partial charge in [0.15, 0.2) is 0 Å². The first-order chi connectivity index (χ1) is 13.7. The van der Waals surface area contributed by atoms with E-state index in [-0.39, 0.29) is 30.1 Å². The van der Waals surface area contributed by atoms with Crippen molar-refractivity contribution in [1.29, 1.82) is 0 Å². The van der Waals surface area contributed by atoms with Gasteiger partial charge in [-0.2, -0.15) is 13.2 Å². The molecule has 158 valence electrons. The Morgan fingerprint density at radius 3 is 2.24 bits per heavy atom. The minimum absolute atomic E-state index is 0.0347. The summed E-state index contributed by atoms with van der Waals surface area (Å²) in [6.07, 6.45) is -5.41. The lowest BCUT2D eigenvalue weighted by Gasteiger charge is -2.16. The van der Waals surface area contributed by atoms with Gasteiger partial charge in [-0.3, -0.25) is 4.79 Å². The summed E-state index contributed by atoms with van der Waals surface area (Å²) in [6.45, 7) is 1.55. The first-order valence-corrected chi connectivity index (χ1v) is 9.63. The Bertz CT molecular complexity index is 782. The van der Waals surface area contributed by atoms with Gasteiger partial charge >= 0.3 is 6.18 Å². The molecule has 5 nitrogen and oxygen atoms in total. The highest BCUT2D eigenvalue weighted by Gasteiger charge is 2.30. The van der Waals surface area contributed by atoms with Gasteiger partial charge in [-0.05, 0) is 55.5 Å². The number of benzene rings is 2. The molecule has 0 heterocycles. The number of methoxy groups -OCH3 is 1. The van der Waals surface area contributed by atoms with Crippen LogP contribution >= 0.6 is 11.8 Å². The third-order valence-corrected chi connectivity index (χ3v) is 4.99. The molecular formula is C20H22F3NO4S. The number of hydrogen-bond acceptors (Lipinski definition) is 5. The number of halogens is 3. The zero-order valence-corrected chi connectivity index (χ0v) is 16.7. The van der Waals surface area contributed by atoms with Gasteiger partial charge in [0.25, 0.3) is 0 Å². The lowest BCUT2D eigenvalue weighted by molar-refractivity contribution is -0.137. The van der Waals surface area contributed by atoms with Crippen LogP contribution in [-0.2, 0) is 11.0 Å². The Labute approximate surface area is 171 Å². The number of aliphatic hydroxyl groups is 1. The van der Waals surface area contributed by atoms with Crippen molar-refractivity contribution in [2.45, 2.75) is 29.3 Å². The van der Waals surface area contributed by atoms with Crippen LogP contribution in [0.1, 0.15) is 12.5 Å². The van der Waals surface area contributed by atoms with E-state index < -0.39 is 17.8 Å². The van der Waals surface area contributed by atoms with Gasteiger partial charge < -0.3 is 19.9 Å². The van der Waals surface area contributed by atoms with Crippen molar-refractivity contribution < 1.29 is 32.5 Å². The highest BCUT2D eigenvalue weighted by atomic mass is 32.2. The van der Waals surface area contributed by atoms with Crippen molar-refractivity contribution in [1.82, 2.24) is 5.32 Å². The first-order valence-electron chi connectivity index (χ1n) is 8.75. The minimum Gasteiger partial charge on any atom is -0.497 e. The molecule has 0 spiro atoms. The maximum Gasteiger partial charge on any atom is 0.416 e. The lowest BCUT2D eigenvalue weighted by Crippen LogP contribution is -2.38. The number of nitrogens with one attached hydrogen (secondary N) is 1. The summed E-state index contributed by atoms with van der Waals surface area (Å²) >= 11 is 1.36. The zero-order chi connectivity index (χ0) is 21.4. The Morgan fingerprint density at radius 1 is 1.10 bits per heavy atom. The molecule has 0 fully saturated rings. The summed E-state index contributed by atoms with van der Waals surface area (Å²) < 4.78 is 47.9. The number of alkyl halides is 3. The SMILES string of the molecule is COc1ccc(SC(C)C(=O)NCC(O)COc2ccc(C(F)(F)F)cc2)cc1. The van der Waals surface area contributed by atoms with Crippen molar-refractivity contribution >= 4 is 17.7 Å². The quantitative estimate of drug-likeness (QED) is 0.595. The summed E-state index contributed by atoms with van der Waals surface area (Å²) in [5, 5.41) is 12.2. The highest BCUT2D eigenvalue weighted by molar-refractivity contribution is 8.00. The average molecular weight is 429 g/mol. The van der Waals surface area contributed by atoms with E-state index in [2.05, 4.69) is 5.32 Å². The molecule has 0 aliphatic heterocycles. The Balaban J connectivity index is 1.73. The summed E-state index contributed by atoms with van der Waals surface area (Å²) in [4.78, 5) is 13.1. The molecule has 0 saturated heterocycles. The van der Waals surface area contributed by atoms with Gasteiger partial charge in [-0.25, -0.2) is 0 Å². The molecule has 2 aromatic rings. The van der Waals surface area contributed by atoms with E-state index in [1.54, 1.807) is 26.2 Å². The predicted octanol–water partition coefficient (Wildman–Crippen LogP) is 3.75. The molecule has 2 aromatic carbocycles. The second kappa shape index (κ2) is 10.4. The topological polar surface area (TPSA) is 67.8 Å². The van der Waals surface area contributed by atoms with Crippen LogP contribution in [0.4, 0.5) is 13.2 Å². The van der Waals surface area contributed by atoms with Crippen LogP contribution in [0.25, 0.3) is 0 Å². The first kappa shape index (κ1) is 22.9. The van der Waals surface area contributed by atoms with Crippen LogP contribution < -0.4 is 14.8 Å². The van der Waals surface area contributed by atoms with E-state index in [1.165, 1.54) is 23.9 Å². The van der Waals surface area contributed by atoms with E-state index >= 15 is 0 Å². The lowest BCUT2D eigenvalue weighted by atomic mass is 10.2. The maximum absolute atomic E-state index is 12.5. The summed E-state index contributed by atoms with van der Waals surface area (Å²) in [5.74, 6) is 0.675. The number of carbonyl (C=O) groups is 1. The highest BCUT2D eigenvalue weighted by Crippen LogP contribution is 2.30. The number of hydrogen-bond donors (Lipinski definition) is 2.